The quantitative estimate of drug-likeness (QED) is 0.799. The molecule has 1 heterocycles. The summed E-state index contributed by atoms with van der Waals surface area (Å²) in [4.78, 5) is 27.6. The predicted molar refractivity (Wildman–Crippen MR) is 75.8 cm³/mol. The van der Waals surface area contributed by atoms with E-state index in [0.717, 1.165) is 26.2 Å². The van der Waals surface area contributed by atoms with Crippen LogP contribution in [0.5, 0.6) is 0 Å². The molecule has 2 amide bonds. The van der Waals surface area contributed by atoms with E-state index in [9.17, 15) is 9.59 Å². The molecule has 1 aliphatic heterocycles. The highest BCUT2D eigenvalue weighted by Crippen LogP contribution is 2.07. The first-order chi connectivity index (χ1) is 8.88. The first kappa shape index (κ1) is 16.0. The number of carbonyl (C=O) groups excluding carboxylic acids is 2. The number of hydrogen-bond acceptors (Lipinski definition) is 3. The Morgan fingerprint density at radius 1 is 1.05 bits per heavy atom. The molecule has 0 spiro atoms. The number of piperazine rings is 1. The average molecular weight is 269 g/mol. The Kier molecular flexibility index (Phi) is 6.28. The van der Waals surface area contributed by atoms with Crippen LogP contribution < -0.4 is 5.32 Å². The van der Waals surface area contributed by atoms with E-state index in [0.29, 0.717) is 18.9 Å². The summed E-state index contributed by atoms with van der Waals surface area (Å²) >= 11 is 0. The fraction of sp³-hybridized carbons (Fsp3) is 0.857. The molecule has 0 aromatic rings. The van der Waals surface area contributed by atoms with Crippen LogP contribution in [0.2, 0.25) is 0 Å². The van der Waals surface area contributed by atoms with Crippen molar-refractivity contribution in [2.45, 2.75) is 40.2 Å². The standard InChI is InChI=1S/C14H27N3O2/c1-11(2)9-14(19)17-7-5-16(6-8-17)10-13(18)15-12(3)4/h11-12H,5-10H2,1-4H3,(H,15,18). The molecule has 0 bridgehead atoms. The zero-order valence-electron chi connectivity index (χ0n) is 12.6. The number of rotatable bonds is 5. The van der Waals surface area contributed by atoms with E-state index in [1.165, 1.54) is 0 Å². The Labute approximate surface area is 116 Å². The summed E-state index contributed by atoms with van der Waals surface area (Å²) in [6, 6.07) is 0.182. The topological polar surface area (TPSA) is 52.7 Å². The van der Waals surface area contributed by atoms with Gasteiger partial charge in [0.15, 0.2) is 0 Å². The van der Waals surface area contributed by atoms with Crippen molar-refractivity contribution >= 4 is 11.8 Å². The van der Waals surface area contributed by atoms with Crippen LogP contribution in [0.1, 0.15) is 34.1 Å². The van der Waals surface area contributed by atoms with Gasteiger partial charge in [0.1, 0.15) is 0 Å². The molecule has 19 heavy (non-hydrogen) atoms. The molecule has 0 aromatic heterocycles. The lowest BCUT2D eigenvalue weighted by Gasteiger charge is -2.34. The third-order valence-corrected chi connectivity index (χ3v) is 3.12. The molecule has 1 saturated heterocycles. The predicted octanol–water partition coefficient (Wildman–Crippen LogP) is 0.701. The van der Waals surface area contributed by atoms with Crippen LogP contribution in [0.3, 0.4) is 0 Å². The van der Waals surface area contributed by atoms with Gasteiger partial charge in [-0.2, -0.15) is 0 Å². The van der Waals surface area contributed by atoms with Crippen molar-refractivity contribution in [1.29, 1.82) is 0 Å². The number of amides is 2. The summed E-state index contributed by atoms with van der Waals surface area (Å²) in [5.41, 5.74) is 0. The molecule has 0 aliphatic carbocycles. The summed E-state index contributed by atoms with van der Waals surface area (Å²) in [6.07, 6.45) is 0.619. The molecule has 1 rings (SSSR count). The largest absolute Gasteiger partial charge is 0.353 e. The van der Waals surface area contributed by atoms with Gasteiger partial charge in [0, 0.05) is 38.6 Å². The Balaban J connectivity index is 2.29. The molecule has 0 radical (unpaired) electrons. The second kappa shape index (κ2) is 7.48. The molecule has 0 atom stereocenters. The first-order valence-corrected chi connectivity index (χ1v) is 7.18. The van der Waals surface area contributed by atoms with E-state index >= 15 is 0 Å². The molecule has 0 aromatic carbocycles. The number of nitrogens with one attached hydrogen (secondary N) is 1. The van der Waals surface area contributed by atoms with Crippen molar-refractivity contribution in [3.8, 4) is 0 Å². The van der Waals surface area contributed by atoms with Gasteiger partial charge in [-0.25, -0.2) is 0 Å². The van der Waals surface area contributed by atoms with Crippen molar-refractivity contribution in [2.24, 2.45) is 5.92 Å². The first-order valence-electron chi connectivity index (χ1n) is 7.18. The van der Waals surface area contributed by atoms with E-state index < -0.39 is 0 Å². The molecule has 1 fully saturated rings. The van der Waals surface area contributed by atoms with Crippen LogP contribution in [0.15, 0.2) is 0 Å². The Hall–Kier alpha value is -1.10. The van der Waals surface area contributed by atoms with Gasteiger partial charge in [-0.05, 0) is 19.8 Å². The van der Waals surface area contributed by atoms with Crippen molar-refractivity contribution < 1.29 is 9.59 Å². The number of hydrogen-bond donors (Lipinski definition) is 1. The maximum Gasteiger partial charge on any atom is 0.234 e. The van der Waals surface area contributed by atoms with E-state index in [1.807, 2.05) is 18.7 Å². The average Bonchev–Trinajstić information content (AvgIpc) is 2.27. The highest BCUT2D eigenvalue weighted by atomic mass is 16.2. The van der Waals surface area contributed by atoms with Crippen molar-refractivity contribution in [1.82, 2.24) is 15.1 Å². The van der Waals surface area contributed by atoms with E-state index in [1.54, 1.807) is 0 Å². The van der Waals surface area contributed by atoms with E-state index in [-0.39, 0.29) is 17.9 Å². The Morgan fingerprint density at radius 3 is 2.11 bits per heavy atom. The van der Waals surface area contributed by atoms with Gasteiger partial charge < -0.3 is 10.2 Å². The molecule has 1 N–H and O–H groups in total. The Bertz CT molecular complexity index is 308. The lowest BCUT2D eigenvalue weighted by atomic mass is 10.1. The minimum Gasteiger partial charge on any atom is -0.353 e. The van der Waals surface area contributed by atoms with E-state index in [4.69, 9.17) is 0 Å². The van der Waals surface area contributed by atoms with E-state index in [2.05, 4.69) is 24.1 Å². The maximum absolute atomic E-state index is 11.9. The second-order valence-electron chi connectivity index (χ2n) is 5.98. The van der Waals surface area contributed by atoms with Gasteiger partial charge in [-0.3, -0.25) is 14.5 Å². The highest BCUT2D eigenvalue weighted by Gasteiger charge is 2.22. The summed E-state index contributed by atoms with van der Waals surface area (Å²) in [5, 5.41) is 2.89. The van der Waals surface area contributed by atoms with Crippen molar-refractivity contribution in [2.75, 3.05) is 32.7 Å². The molecule has 5 nitrogen and oxygen atoms in total. The van der Waals surface area contributed by atoms with Gasteiger partial charge >= 0.3 is 0 Å². The lowest BCUT2D eigenvalue weighted by Crippen LogP contribution is -2.51. The molecular weight excluding hydrogens is 242 g/mol. The molecular formula is C14H27N3O2. The molecule has 0 saturated carbocycles. The number of carbonyl (C=O) groups is 2. The fourth-order valence-electron chi connectivity index (χ4n) is 2.20. The minimum atomic E-state index is 0.0666. The zero-order chi connectivity index (χ0) is 14.4. The van der Waals surface area contributed by atoms with Crippen LogP contribution in [0.25, 0.3) is 0 Å². The lowest BCUT2D eigenvalue weighted by molar-refractivity contribution is -0.134. The van der Waals surface area contributed by atoms with Crippen LogP contribution in [-0.2, 0) is 9.59 Å². The summed E-state index contributed by atoms with van der Waals surface area (Å²) in [5.74, 6) is 0.709. The van der Waals surface area contributed by atoms with Crippen molar-refractivity contribution in [3.63, 3.8) is 0 Å². The van der Waals surface area contributed by atoms with Gasteiger partial charge in [0.25, 0.3) is 0 Å². The van der Waals surface area contributed by atoms with Gasteiger partial charge in [0.05, 0.1) is 6.54 Å². The van der Waals surface area contributed by atoms with Gasteiger partial charge in [0.2, 0.25) is 11.8 Å². The normalized spacial score (nSPS) is 17.1. The zero-order valence-corrected chi connectivity index (χ0v) is 12.6. The number of nitrogens with zero attached hydrogens (tertiary/aromatic N) is 2. The van der Waals surface area contributed by atoms with Crippen LogP contribution in [0, 0.1) is 5.92 Å². The third kappa shape index (κ3) is 6.05. The summed E-state index contributed by atoms with van der Waals surface area (Å²) in [6.45, 7) is 11.5. The Morgan fingerprint density at radius 2 is 1.63 bits per heavy atom. The fourth-order valence-corrected chi connectivity index (χ4v) is 2.20. The van der Waals surface area contributed by atoms with Crippen molar-refractivity contribution in [3.05, 3.63) is 0 Å². The molecule has 5 heteroatoms. The van der Waals surface area contributed by atoms with Crippen LogP contribution >= 0.6 is 0 Å². The molecule has 0 unspecified atom stereocenters. The third-order valence-electron chi connectivity index (χ3n) is 3.12. The second-order valence-corrected chi connectivity index (χ2v) is 5.98. The highest BCUT2D eigenvalue weighted by molar-refractivity contribution is 5.78. The van der Waals surface area contributed by atoms with Gasteiger partial charge in [-0.15, -0.1) is 0 Å². The molecule has 110 valence electrons. The molecule has 1 aliphatic rings. The minimum absolute atomic E-state index is 0.0666. The van der Waals surface area contributed by atoms with Crippen LogP contribution in [-0.4, -0.2) is 60.4 Å². The van der Waals surface area contributed by atoms with Crippen LogP contribution in [0.4, 0.5) is 0 Å². The smallest absolute Gasteiger partial charge is 0.234 e. The monoisotopic (exact) mass is 269 g/mol. The van der Waals surface area contributed by atoms with Gasteiger partial charge in [-0.1, -0.05) is 13.8 Å². The summed E-state index contributed by atoms with van der Waals surface area (Å²) < 4.78 is 0. The SMILES string of the molecule is CC(C)CC(=O)N1CCN(CC(=O)NC(C)C)CC1. The maximum atomic E-state index is 11.9. The summed E-state index contributed by atoms with van der Waals surface area (Å²) in [7, 11) is 0.